The van der Waals surface area contributed by atoms with E-state index in [2.05, 4.69) is 65.7 Å². The number of benzene rings is 2. The van der Waals surface area contributed by atoms with Crippen LogP contribution in [0.5, 0.6) is 0 Å². The minimum absolute atomic E-state index is 0.113. The maximum absolute atomic E-state index is 9.83. The highest BCUT2D eigenvalue weighted by Crippen LogP contribution is 2.36. The Kier molecular flexibility index (Phi) is 5.76. The number of aliphatic hydroxyl groups is 1. The number of fused-ring (bicyclic) bond motifs is 5. The van der Waals surface area contributed by atoms with Crippen molar-refractivity contribution in [1.29, 1.82) is 5.26 Å². The molecule has 3 aliphatic heterocycles. The normalized spacial score (nSPS) is 19.5. The second-order valence-electron chi connectivity index (χ2n) is 10.9. The zero-order chi connectivity index (χ0) is 25.6. The summed E-state index contributed by atoms with van der Waals surface area (Å²) in [7, 11) is 0. The lowest BCUT2D eigenvalue weighted by Crippen LogP contribution is -2.39. The van der Waals surface area contributed by atoms with E-state index in [-0.39, 0.29) is 6.10 Å². The van der Waals surface area contributed by atoms with Crippen molar-refractivity contribution in [3.05, 3.63) is 72.2 Å². The molecular formula is C30H31N7O. The van der Waals surface area contributed by atoms with Crippen molar-refractivity contribution < 1.29 is 5.11 Å². The standard InChI is InChI=1S/C30H31N7O/c31-15-21-1-3-23(4-2-21)24-14-29-30-33-32-20-37(30)28-6-5-26(13-25(28)19-36(29)18-24)35-12-7-22(17-35)16-34-10-8-27(38)9-11-34/h1-6,13-14,18,20,22,27,38H,7-12,16-17,19H2/t22-/m0/s1. The predicted octanol–water partition coefficient (Wildman–Crippen LogP) is 3.92. The van der Waals surface area contributed by atoms with E-state index in [4.69, 9.17) is 5.26 Å². The first-order valence-corrected chi connectivity index (χ1v) is 13.5. The summed E-state index contributed by atoms with van der Waals surface area (Å²) in [4.78, 5) is 5.06. The molecule has 192 valence electrons. The van der Waals surface area contributed by atoms with Crippen LogP contribution >= 0.6 is 0 Å². The number of hydrogen-bond acceptors (Lipinski definition) is 6. The number of piperidine rings is 1. The maximum atomic E-state index is 9.83. The smallest absolute Gasteiger partial charge is 0.185 e. The monoisotopic (exact) mass is 505 g/mol. The molecule has 0 aliphatic carbocycles. The lowest BCUT2D eigenvalue weighted by atomic mass is 10.0. The van der Waals surface area contributed by atoms with Gasteiger partial charge in [-0.1, -0.05) is 12.1 Å². The van der Waals surface area contributed by atoms with Gasteiger partial charge in [-0.3, -0.25) is 4.57 Å². The number of aromatic nitrogens is 4. The molecule has 0 amide bonds. The summed E-state index contributed by atoms with van der Waals surface area (Å²) in [6.45, 7) is 6.07. The molecule has 7 rings (SSSR count). The van der Waals surface area contributed by atoms with E-state index in [1.54, 1.807) is 6.33 Å². The summed E-state index contributed by atoms with van der Waals surface area (Å²) in [6.07, 6.45) is 6.89. The highest BCUT2D eigenvalue weighted by Gasteiger charge is 2.28. The fourth-order valence-corrected chi connectivity index (χ4v) is 6.31. The highest BCUT2D eigenvalue weighted by atomic mass is 16.3. The summed E-state index contributed by atoms with van der Waals surface area (Å²) in [5.41, 5.74) is 7.53. The Morgan fingerprint density at radius 3 is 2.63 bits per heavy atom. The van der Waals surface area contributed by atoms with Crippen LogP contribution in [0.2, 0.25) is 0 Å². The van der Waals surface area contributed by atoms with Crippen molar-refractivity contribution in [1.82, 2.24) is 24.2 Å². The van der Waals surface area contributed by atoms with Crippen molar-refractivity contribution >= 4 is 5.69 Å². The molecule has 4 aromatic rings. The van der Waals surface area contributed by atoms with E-state index in [1.165, 1.54) is 17.7 Å². The third kappa shape index (κ3) is 4.18. The SMILES string of the molecule is N#Cc1ccc(-c2cc3n(c2)Cc2cc(N4CC[C@@H](CN5CCC(O)CC5)C4)ccc2-n2cnnc2-3)cc1. The number of hydrogen-bond donors (Lipinski definition) is 1. The molecule has 0 unspecified atom stereocenters. The van der Waals surface area contributed by atoms with E-state index in [0.29, 0.717) is 11.5 Å². The first-order valence-electron chi connectivity index (χ1n) is 13.5. The predicted molar refractivity (Wildman–Crippen MR) is 146 cm³/mol. The first-order chi connectivity index (χ1) is 18.6. The number of nitrogens with zero attached hydrogens (tertiary/aromatic N) is 7. The first kappa shape index (κ1) is 23.2. The van der Waals surface area contributed by atoms with E-state index < -0.39 is 0 Å². The summed E-state index contributed by atoms with van der Waals surface area (Å²) < 4.78 is 4.36. The molecule has 38 heavy (non-hydrogen) atoms. The van der Waals surface area contributed by atoms with Crippen molar-refractivity contribution in [3.8, 4) is 34.4 Å². The fourth-order valence-electron chi connectivity index (χ4n) is 6.31. The van der Waals surface area contributed by atoms with Crippen LogP contribution in [-0.2, 0) is 6.54 Å². The van der Waals surface area contributed by atoms with Crippen molar-refractivity contribution in [2.75, 3.05) is 37.6 Å². The molecule has 0 radical (unpaired) electrons. The van der Waals surface area contributed by atoms with Crippen LogP contribution in [0.3, 0.4) is 0 Å². The zero-order valence-electron chi connectivity index (χ0n) is 21.4. The summed E-state index contributed by atoms with van der Waals surface area (Å²) >= 11 is 0. The molecule has 1 atom stereocenters. The molecule has 2 fully saturated rings. The topological polar surface area (TPSA) is 86.1 Å². The van der Waals surface area contributed by atoms with Crippen LogP contribution in [-0.4, -0.2) is 68.2 Å². The van der Waals surface area contributed by atoms with Gasteiger partial charge in [-0.2, -0.15) is 5.26 Å². The average molecular weight is 506 g/mol. The summed E-state index contributed by atoms with van der Waals surface area (Å²) in [6, 6.07) is 18.9. The average Bonchev–Trinajstić information content (AvgIpc) is 3.69. The Labute approximate surface area is 222 Å². The molecule has 5 heterocycles. The molecule has 2 aromatic carbocycles. The van der Waals surface area contributed by atoms with Gasteiger partial charge in [-0.25, -0.2) is 0 Å². The third-order valence-electron chi connectivity index (χ3n) is 8.41. The largest absolute Gasteiger partial charge is 0.393 e. The van der Waals surface area contributed by atoms with E-state index >= 15 is 0 Å². The third-order valence-corrected chi connectivity index (χ3v) is 8.41. The second kappa shape index (κ2) is 9.43. The van der Waals surface area contributed by atoms with Crippen LogP contribution in [0.15, 0.2) is 61.1 Å². The summed E-state index contributed by atoms with van der Waals surface area (Å²) in [5.74, 6) is 1.50. The number of aliphatic hydroxyl groups excluding tert-OH is 1. The molecule has 2 aromatic heterocycles. The number of anilines is 1. The molecule has 8 nitrogen and oxygen atoms in total. The fraction of sp³-hybridized carbons (Fsp3) is 0.367. The molecule has 1 N–H and O–H groups in total. The van der Waals surface area contributed by atoms with Gasteiger partial charge in [0.05, 0.1) is 29.1 Å². The molecule has 8 heteroatoms. The van der Waals surface area contributed by atoms with Crippen molar-refractivity contribution in [2.45, 2.75) is 31.9 Å². The van der Waals surface area contributed by atoms with Crippen LogP contribution in [0.1, 0.15) is 30.4 Å². The number of rotatable bonds is 4. The Bertz CT molecular complexity index is 1500. The highest BCUT2D eigenvalue weighted by molar-refractivity contribution is 5.72. The molecule has 2 saturated heterocycles. The van der Waals surface area contributed by atoms with Crippen LogP contribution < -0.4 is 4.90 Å². The number of likely N-dealkylation sites (tertiary alicyclic amines) is 1. The molecule has 3 aliphatic rings. The Morgan fingerprint density at radius 2 is 1.82 bits per heavy atom. The maximum Gasteiger partial charge on any atom is 0.185 e. The number of nitriles is 1. The van der Waals surface area contributed by atoms with Crippen LogP contribution in [0.25, 0.3) is 28.3 Å². The molecular weight excluding hydrogens is 474 g/mol. The van der Waals surface area contributed by atoms with Crippen molar-refractivity contribution in [3.63, 3.8) is 0 Å². The lowest BCUT2D eigenvalue weighted by Gasteiger charge is -2.31. The minimum Gasteiger partial charge on any atom is -0.393 e. The Hall–Kier alpha value is -3.93. The summed E-state index contributed by atoms with van der Waals surface area (Å²) in [5, 5.41) is 27.7. The van der Waals surface area contributed by atoms with Crippen LogP contribution in [0, 0.1) is 17.2 Å². The molecule has 0 bridgehead atoms. The van der Waals surface area contributed by atoms with E-state index in [1.807, 2.05) is 24.3 Å². The van der Waals surface area contributed by atoms with Gasteiger partial charge < -0.3 is 19.5 Å². The van der Waals surface area contributed by atoms with E-state index in [9.17, 15) is 5.11 Å². The van der Waals surface area contributed by atoms with Gasteiger partial charge in [-0.05, 0) is 72.7 Å². The second-order valence-corrected chi connectivity index (χ2v) is 10.9. The van der Waals surface area contributed by atoms with Gasteiger partial charge in [0, 0.05) is 56.7 Å². The van der Waals surface area contributed by atoms with Crippen molar-refractivity contribution in [2.24, 2.45) is 5.92 Å². The minimum atomic E-state index is -0.113. The van der Waals surface area contributed by atoms with Gasteiger partial charge in [0.1, 0.15) is 6.33 Å². The van der Waals surface area contributed by atoms with E-state index in [0.717, 1.165) is 80.4 Å². The van der Waals surface area contributed by atoms with Crippen LogP contribution in [0.4, 0.5) is 5.69 Å². The quantitative estimate of drug-likeness (QED) is 0.399. The van der Waals surface area contributed by atoms with Gasteiger partial charge in [0.25, 0.3) is 0 Å². The van der Waals surface area contributed by atoms with Gasteiger partial charge in [0.2, 0.25) is 0 Å². The zero-order valence-corrected chi connectivity index (χ0v) is 21.4. The Morgan fingerprint density at radius 1 is 0.974 bits per heavy atom. The van der Waals surface area contributed by atoms with Gasteiger partial charge in [-0.15, -0.1) is 10.2 Å². The molecule has 0 spiro atoms. The molecule has 0 saturated carbocycles. The lowest BCUT2D eigenvalue weighted by molar-refractivity contribution is 0.0762. The van der Waals surface area contributed by atoms with Gasteiger partial charge in [0.15, 0.2) is 5.82 Å². The van der Waals surface area contributed by atoms with Gasteiger partial charge >= 0.3 is 0 Å². The Balaban J connectivity index is 1.15.